The Bertz CT molecular complexity index is 1130. The summed E-state index contributed by atoms with van der Waals surface area (Å²) in [6.45, 7) is 7.85. The van der Waals surface area contributed by atoms with E-state index in [4.69, 9.17) is 0 Å². The number of nitrogens with zero attached hydrogens (tertiary/aromatic N) is 2. The highest BCUT2D eigenvalue weighted by molar-refractivity contribution is 5.91. The Morgan fingerprint density at radius 3 is 2.46 bits per heavy atom. The molecule has 8 atom stereocenters. The number of hydrogen-bond donors (Lipinski definition) is 1. The topological polar surface area (TPSA) is 83.6 Å². The van der Waals surface area contributed by atoms with Gasteiger partial charge in [-0.2, -0.15) is 0 Å². The van der Waals surface area contributed by atoms with Gasteiger partial charge in [-0.05, 0) is 55.1 Å². The zero-order valence-corrected chi connectivity index (χ0v) is 23.0. The molecule has 2 heterocycles. The van der Waals surface area contributed by atoms with Crippen molar-refractivity contribution in [2.45, 2.75) is 96.8 Å². The standard InChI is InChI=1S/C30H41N3O4/c1-6-27(36)32(5)24-14-21-8-7-9-22-15-25-29(28(21)22)33(25,30(24)37)16-26(35)31-23(19(4)34)13-17(2)12-20-11-10-18(20)3/h7-9,17-18,20,23-25,29H,6,10-16H2,1-5H3/p+1/t17?,18?,20?,23?,24-,25?,29?,33?/m0/s1. The number of nitrogens with one attached hydrogen (secondary N) is 1. The number of amides is 3. The zero-order valence-electron chi connectivity index (χ0n) is 23.0. The minimum absolute atomic E-state index is 0.0191. The highest BCUT2D eigenvalue weighted by atomic mass is 16.2. The molecule has 4 aliphatic rings. The van der Waals surface area contributed by atoms with Gasteiger partial charge in [0.2, 0.25) is 5.91 Å². The number of quaternary nitrogens is 1. The first-order valence-electron chi connectivity index (χ1n) is 14.2. The lowest BCUT2D eigenvalue weighted by atomic mass is 9.70. The second kappa shape index (κ2) is 9.64. The highest BCUT2D eigenvalue weighted by Crippen LogP contribution is 2.62. The van der Waals surface area contributed by atoms with Gasteiger partial charge >= 0.3 is 5.91 Å². The molecule has 0 bridgehead atoms. The summed E-state index contributed by atoms with van der Waals surface area (Å²) in [6, 6.07) is 5.14. The van der Waals surface area contributed by atoms with Crippen molar-refractivity contribution >= 4 is 23.5 Å². The molecule has 1 aromatic rings. The molecule has 0 radical (unpaired) electrons. The van der Waals surface area contributed by atoms with E-state index in [-0.39, 0.29) is 46.6 Å². The summed E-state index contributed by atoms with van der Waals surface area (Å²) < 4.78 is 0.0849. The molecule has 3 amide bonds. The van der Waals surface area contributed by atoms with Gasteiger partial charge in [-0.15, -0.1) is 0 Å². The summed E-state index contributed by atoms with van der Waals surface area (Å²) in [5.74, 6) is 1.44. The van der Waals surface area contributed by atoms with Crippen molar-refractivity contribution in [3.8, 4) is 0 Å². The van der Waals surface area contributed by atoms with Crippen molar-refractivity contribution in [3.63, 3.8) is 0 Å². The van der Waals surface area contributed by atoms with E-state index >= 15 is 0 Å². The average molecular weight is 509 g/mol. The summed E-state index contributed by atoms with van der Waals surface area (Å²) >= 11 is 0. The Balaban J connectivity index is 1.35. The van der Waals surface area contributed by atoms with Crippen molar-refractivity contribution in [1.82, 2.24) is 10.2 Å². The molecular formula is C30H42N3O4+. The quantitative estimate of drug-likeness (QED) is 0.388. The van der Waals surface area contributed by atoms with Crippen molar-refractivity contribution in [2.24, 2.45) is 17.8 Å². The van der Waals surface area contributed by atoms with Gasteiger partial charge in [0.05, 0.1) is 6.04 Å². The fraction of sp³-hybridized carbons (Fsp3) is 0.667. The lowest BCUT2D eigenvalue weighted by Crippen LogP contribution is -2.56. The van der Waals surface area contributed by atoms with Crippen LogP contribution in [0.25, 0.3) is 0 Å². The van der Waals surface area contributed by atoms with Crippen LogP contribution in [0.15, 0.2) is 18.2 Å². The summed E-state index contributed by atoms with van der Waals surface area (Å²) in [5, 5.41) is 3.01. The van der Waals surface area contributed by atoms with E-state index in [0.29, 0.717) is 25.2 Å². The maximum atomic E-state index is 14.1. The molecule has 5 rings (SSSR count). The molecule has 200 valence electrons. The number of Topliss-reactive ketones (excluding diaryl/α,β-unsaturated/α-hetero) is 1. The number of ketones is 1. The third kappa shape index (κ3) is 4.33. The average Bonchev–Trinajstić information content (AvgIpc) is 3.30. The van der Waals surface area contributed by atoms with Gasteiger partial charge in [0.15, 0.2) is 30.5 Å². The number of rotatable bonds is 10. The molecule has 7 heteroatoms. The van der Waals surface area contributed by atoms with Crippen LogP contribution in [0.1, 0.15) is 82.5 Å². The number of hydrogen-bond acceptors (Lipinski definition) is 4. The molecule has 7 unspecified atom stereocenters. The Labute approximate surface area is 220 Å². The van der Waals surface area contributed by atoms with Crippen molar-refractivity contribution < 1.29 is 23.7 Å². The second-order valence-corrected chi connectivity index (χ2v) is 12.3. The van der Waals surface area contributed by atoms with Crippen molar-refractivity contribution in [2.75, 3.05) is 13.6 Å². The van der Waals surface area contributed by atoms with Crippen molar-refractivity contribution in [3.05, 3.63) is 34.9 Å². The van der Waals surface area contributed by atoms with Gasteiger partial charge in [0.25, 0.3) is 5.91 Å². The molecule has 0 spiro atoms. The van der Waals surface area contributed by atoms with E-state index in [2.05, 4.69) is 31.3 Å². The van der Waals surface area contributed by atoms with Gasteiger partial charge in [0, 0.05) is 31.9 Å². The van der Waals surface area contributed by atoms with Gasteiger partial charge in [-0.25, -0.2) is 9.28 Å². The Morgan fingerprint density at radius 1 is 1.16 bits per heavy atom. The first kappa shape index (κ1) is 26.1. The molecule has 7 nitrogen and oxygen atoms in total. The lowest BCUT2D eigenvalue weighted by Gasteiger charge is -2.36. The fourth-order valence-corrected chi connectivity index (χ4v) is 7.58. The Hall–Kier alpha value is -2.54. The predicted molar refractivity (Wildman–Crippen MR) is 140 cm³/mol. The first-order chi connectivity index (χ1) is 17.6. The monoisotopic (exact) mass is 508 g/mol. The van der Waals surface area contributed by atoms with Gasteiger partial charge in [-0.3, -0.25) is 14.4 Å². The fourth-order valence-electron chi connectivity index (χ4n) is 7.58. The van der Waals surface area contributed by atoms with Crippen molar-refractivity contribution in [1.29, 1.82) is 0 Å². The third-order valence-electron chi connectivity index (χ3n) is 10.0. The molecule has 37 heavy (non-hydrogen) atoms. The number of carbonyl (C=O) groups excluding carboxylic acids is 4. The maximum absolute atomic E-state index is 14.1. The van der Waals surface area contributed by atoms with Crippen LogP contribution in [0.4, 0.5) is 0 Å². The molecule has 2 aliphatic carbocycles. The predicted octanol–water partition coefficient (Wildman–Crippen LogP) is 3.34. The minimum atomic E-state index is -0.588. The van der Waals surface area contributed by atoms with Crippen LogP contribution in [0.2, 0.25) is 0 Å². The van der Waals surface area contributed by atoms with E-state index in [0.717, 1.165) is 30.2 Å². The van der Waals surface area contributed by atoms with Crippen LogP contribution in [0, 0.1) is 17.8 Å². The molecule has 2 fully saturated rings. The van der Waals surface area contributed by atoms with E-state index in [1.54, 1.807) is 25.8 Å². The summed E-state index contributed by atoms with van der Waals surface area (Å²) in [5.41, 5.74) is 3.60. The SMILES string of the molecule is CCC(=O)N(C)[C@H]1Cc2cccc3c2C2C(C3)[N+]2(CC(=O)NC(CC(C)CC2CCC2C)C(C)=O)C1=O. The van der Waals surface area contributed by atoms with Crippen LogP contribution >= 0.6 is 0 Å². The van der Waals surface area contributed by atoms with E-state index < -0.39 is 12.1 Å². The van der Waals surface area contributed by atoms with Crippen LogP contribution in [-0.4, -0.2) is 64.6 Å². The second-order valence-electron chi connectivity index (χ2n) is 12.3. The Kier molecular flexibility index (Phi) is 6.80. The Morgan fingerprint density at radius 2 is 1.86 bits per heavy atom. The van der Waals surface area contributed by atoms with Crippen LogP contribution in [-0.2, 0) is 32.0 Å². The zero-order chi connectivity index (χ0) is 26.6. The van der Waals surface area contributed by atoms with E-state index in [9.17, 15) is 19.2 Å². The molecule has 1 N–H and O–H groups in total. The normalized spacial score (nSPS) is 32.5. The van der Waals surface area contributed by atoms with Gasteiger partial charge in [-0.1, -0.05) is 45.4 Å². The number of fused-ring (bicyclic) bond motifs is 1. The molecule has 1 saturated heterocycles. The highest BCUT2D eigenvalue weighted by Gasteiger charge is 2.77. The summed E-state index contributed by atoms with van der Waals surface area (Å²) in [4.78, 5) is 54.3. The molecule has 2 aliphatic heterocycles. The van der Waals surface area contributed by atoms with E-state index in [1.807, 2.05) is 6.07 Å². The summed E-state index contributed by atoms with van der Waals surface area (Å²) in [6.07, 6.45) is 5.86. The van der Waals surface area contributed by atoms with Crippen LogP contribution in [0.5, 0.6) is 0 Å². The van der Waals surface area contributed by atoms with E-state index in [1.165, 1.54) is 24.0 Å². The van der Waals surface area contributed by atoms with Crippen LogP contribution < -0.4 is 5.32 Å². The molecule has 1 saturated carbocycles. The summed E-state index contributed by atoms with van der Waals surface area (Å²) in [7, 11) is 1.71. The third-order valence-corrected chi connectivity index (χ3v) is 10.0. The number of carbonyl (C=O) groups is 4. The smallest absolute Gasteiger partial charge is 0.338 e. The molecular weight excluding hydrogens is 466 g/mol. The van der Waals surface area contributed by atoms with Gasteiger partial charge in [0.1, 0.15) is 0 Å². The number of benzene rings is 1. The molecule has 1 aromatic carbocycles. The minimum Gasteiger partial charge on any atom is -0.341 e. The maximum Gasteiger partial charge on any atom is 0.338 e. The largest absolute Gasteiger partial charge is 0.341 e. The molecule has 0 aromatic heterocycles. The number of likely N-dealkylation sites (N-methyl/N-ethyl adjacent to an activating group) is 1. The van der Waals surface area contributed by atoms with Gasteiger partial charge < -0.3 is 10.2 Å². The lowest BCUT2D eigenvalue weighted by molar-refractivity contribution is -0.744. The van der Waals surface area contributed by atoms with Crippen LogP contribution in [0.3, 0.4) is 0 Å². The first-order valence-corrected chi connectivity index (χ1v) is 14.2.